The second kappa shape index (κ2) is 11.2. The molecule has 1 amide bonds. The van der Waals surface area contributed by atoms with E-state index in [-0.39, 0.29) is 23.5 Å². The Kier molecular flexibility index (Phi) is 8.37. The van der Waals surface area contributed by atoms with Crippen molar-refractivity contribution in [3.05, 3.63) is 94.5 Å². The van der Waals surface area contributed by atoms with Crippen LogP contribution in [-0.2, 0) is 26.0 Å². The lowest BCUT2D eigenvalue weighted by atomic mass is 10.1. The van der Waals surface area contributed by atoms with E-state index >= 15 is 0 Å². The Hall–Kier alpha value is -3.01. The molecule has 0 aromatic heterocycles. The summed E-state index contributed by atoms with van der Waals surface area (Å²) in [6, 6.07) is 20.4. The number of anilines is 1. The molecule has 3 aromatic carbocycles. The van der Waals surface area contributed by atoms with Gasteiger partial charge in [-0.1, -0.05) is 52.3 Å². The van der Waals surface area contributed by atoms with E-state index in [0.29, 0.717) is 5.69 Å². The van der Waals surface area contributed by atoms with Crippen LogP contribution in [0, 0.1) is 0 Å². The first-order valence-corrected chi connectivity index (χ1v) is 12.5. The van der Waals surface area contributed by atoms with Gasteiger partial charge in [0.15, 0.2) is 0 Å². The maximum absolute atomic E-state index is 13.1. The molecule has 0 unspecified atom stereocenters. The molecule has 0 fully saturated rings. The van der Waals surface area contributed by atoms with Crippen molar-refractivity contribution in [2.75, 3.05) is 11.9 Å². The lowest BCUT2D eigenvalue weighted by Crippen LogP contribution is -2.45. The first kappa shape index (κ1) is 24.6. The molecule has 0 saturated heterocycles. The lowest BCUT2D eigenvalue weighted by molar-refractivity contribution is -0.117. The monoisotopic (exact) mass is 530 g/mol. The number of sulfonamides is 1. The molecule has 33 heavy (non-hydrogen) atoms. The number of amides is 1. The van der Waals surface area contributed by atoms with E-state index in [1.807, 2.05) is 30.3 Å². The van der Waals surface area contributed by atoms with Crippen molar-refractivity contribution in [1.29, 1.82) is 0 Å². The number of hydrogen-bond acceptors (Lipinski definition) is 5. The average molecular weight is 531 g/mol. The van der Waals surface area contributed by atoms with Gasteiger partial charge in [0.1, 0.15) is 6.04 Å². The van der Waals surface area contributed by atoms with Crippen molar-refractivity contribution in [1.82, 2.24) is 4.72 Å². The number of rotatable bonds is 9. The van der Waals surface area contributed by atoms with Crippen molar-refractivity contribution in [2.45, 2.75) is 24.3 Å². The minimum absolute atomic E-state index is 0.0425. The van der Waals surface area contributed by atoms with Crippen LogP contribution in [0.5, 0.6) is 0 Å². The average Bonchev–Trinajstić information content (AvgIpc) is 2.80. The molecule has 2 N–H and O–H groups in total. The highest BCUT2D eigenvalue weighted by Crippen LogP contribution is 2.17. The summed E-state index contributed by atoms with van der Waals surface area (Å²) in [5.41, 5.74) is 1.42. The normalized spacial score (nSPS) is 12.1. The minimum Gasteiger partial charge on any atom is -0.462 e. The molecule has 3 rings (SSSR count). The van der Waals surface area contributed by atoms with E-state index in [0.717, 1.165) is 10.0 Å². The summed E-state index contributed by atoms with van der Waals surface area (Å²) >= 11 is 3.28. The molecule has 0 bridgehead atoms. The Morgan fingerprint density at radius 3 is 2.33 bits per heavy atom. The standard InChI is InChI=1S/C24H23BrN2O5S/c1-2-32-24(29)18-9-6-10-20(16-18)26-23(28)22(15-17-7-4-3-5-8-17)27-33(30,31)21-13-11-19(25)12-14-21/h3-14,16,22,27H,2,15H2,1H3,(H,26,28)/t22-/m0/s1. The van der Waals surface area contributed by atoms with E-state index in [1.165, 1.54) is 18.2 Å². The number of hydrogen-bond donors (Lipinski definition) is 2. The second-order valence-electron chi connectivity index (χ2n) is 7.11. The molecule has 7 nitrogen and oxygen atoms in total. The summed E-state index contributed by atoms with van der Waals surface area (Å²) < 4.78 is 34.1. The zero-order chi connectivity index (χ0) is 23.8. The van der Waals surface area contributed by atoms with Gasteiger partial charge in [0.25, 0.3) is 0 Å². The fraction of sp³-hybridized carbons (Fsp3) is 0.167. The van der Waals surface area contributed by atoms with Crippen molar-refractivity contribution < 1.29 is 22.7 Å². The van der Waals surface area contributed by atoms with E-state index in [9.17, 15) is 18.0 Å². The van der Waals surface area contributed by atoms with Crippen LogP contribution in [0.2, 0.25) is 0 Å². The Balaban J connectivity index is 1.84. The molecular weight excluding hydrogens is 508 g/mol. The lowest BCUT2D eigenvalue weighted by Gasteiger charge is -2.19. The van der Waals surface area contributed by atoms with Gasteiger partial charge in [-0.2, -0.15) is 4.72 Å². The van der Waals surface area contributed by atoms with Gasteiger partial charge >= 0.3 is 5.97 Å². The van der Waals surface area contributed by atoms with Gasteiger partial charge < -0.3 is 10.1 Å². The molecule has 0 radical (unpaired) electrons. The molecule has 0 heterocycles. The first-order chi connectivity index (χ1) is 15.8. The third-order valence-electron chi connectivity index (χ3n) is 4.66. The van der Waals surface area contributed by atoms with Gasteiger partial charge in [0.2, 0.25) is 15.9 Å². The van der Waals surface area contributed by atoms with Crippen molar-refractivity contribution in [3.8, 4) is 0 Å². The number of nitrogens with one attached hydrogen (secondary N) is 2. The maximum Gasteiger partial charge on any atom is 0.338 e. The number of carbonyl (C=O) groups excluding carboxylic acids is 2. The third kappa shape index (κ3) is 6.98. The van der Waals surface area contributed by atoms with Gasteiger partial charge in [-0.25, -0.2) is 13.2 Å². The smallest absolute Gasteiger partial charge is 0.338 e. The van der Waals surface area contributed by atoms with Gasteiger partial charge in [-0.05, 0) is 61.4 Å². The van der Waals surface area contributed by atoms with E-state index < -0.39 is 27.9 Å². The van der Waals surface area contributed by atoms with Crippen LogP contribution in [0.3, 0.4) is 0 Å². The SMILES string of the molecule is CCOC(=O)c1cccc(NC(=O)[C@H](Cc2ccccc2)NS(=O)(=O)c2ccc(Br)cc2)c1. The predicted molar refractivity (Wildman–Crippen MR) is 129 cm³/mol. The topological polar surface area (TPSA) is 102 Å². The highest BCUT2D eigenvalue weighted by Gasteiger charge is 2.26. The van der Waals surface area contributed by atoms with Crippen molar-refractivity contribution >= 4 is 43.5 Å². The van der Waals surface area contributed by atoms with Gasteiger partial charge in [-0.3, -0.25) is 4.79 Å². The van der Waals surface area contributed by atoms with Gasteiger partial charge in [0.05, 0.1) is 17.1 Å². The van der Waals surface area contributed by atoms with Crippen LogP contribution in [0.4, 0.5) is 5.69 Å². The molecule has 0 aliphatic rings. The molecule has 3 aromatic rings. The van der Waals surface area contributed by atoms with Crippen LogP contribution in [-0.4, -0.2) is 32.9 Å². The van der Waals surface area contributed by atoms with Crippen LogP contribution < -0.4 is 10.0 Å². The maximum atomic E-state index is 13.1. The summed E-state index contributed by atoms with van der Waals surface area (Å²) in [5.74, 6) is -1.06. The number of halogens is 1. The van der Waals surface area contributed by atoms with E-state index in [4.69, 9.17) is 4.74 Å². The Morgan fingerprint density at radius 2 is 1.67 bits per heavy atom. The quantitative estimate of drug-likeness (QED) is 0.404. The third-order valence-corrected chi connectivity index (χ3v) is 6.68. The molecule has 0 aliphatic carbocycles. The Labute approximate surface area is 201 Å². The predicted octanol–water partition coefficient (Wildman–Crippen LogP) is 4.15. The molecule has 0 aliphatic heterocycles. The Morgan fingerprint density at radius 1 is 0.970 bits per heavy atom. The summed E-state index contributed by atoms with van der Waals surface area (Å²) in [4.78, 5) is 25.2. The van der Waals surface area contributed by atoms with Gasteiger partial charge in [0, 0.05) is 10.2 Å². The van der Waals surface area contributed by atoms with E-state index in [1.54, 1.807) is 37.3 Å². The zero-order valence-electron chi connectivity index (χ0n) is 17.8. The highest BCUT2D eigenvalue weighted by molar-refractivity contribution is 9.10. The highest BCUT2D eigenvalue weighted by atomic mass is 79.9. The van der Waals surface area contributed by atoms with Crippen molar-refractivity contribution in [2.24, 2.45) is 0 Å². The van der Waals surface area contributed by atoms with Crippen LogP contribution in [0.25, 0.3) is 0 Å². The molecule has 172 valence electrons. The zero-order valence-corrected chi connectivity index (χ0v) is 20.2. The summed E-state index contributed by atoms with van der Waals surface area (Å²) in [6.45, 7) is 1.93. The van der Waals surface area contributed by atoms with Crippen LogP contribution >= 0.6 is 15.9 Å². The largest absolute Gasteiger partial charge is 0.462 e. The van der Waals surface area contributed by atoms with E-state index in [2.05, 4.69) is 26.0 Å². The molecule has 1 atom stereocenters. The fourth-order valence-electron chi connectivity index (χ4n) is 3.07. The molecular formula is C24H23BrN2O5S. The van der Waals surface area contributed by atoms with Gasteiger partial charge in [-0.15, -0.1) is 0 Å². The minimum atomic E-state index is -3.97. The van der Waals surface area contributed by atoms with Crippen LogP contribution in [0.1, 0.15) is 22.8 Å². The van der Waals surface area contributed by atoms with Crippen molar-refractivity contribution in [3.63, 3.8) is 0 Å². The second-order valence-corrected chi connectivity index (χ2v) is 9.74. The number of carbonyl (C=O) groups is 2. The fourth-order valence-corrected chi connectivity index (χ4v) is 4.53. The molecule has 9 heteroatoms. The first-order valence-electron chi connectivity index (χ1n) is 10.2. The number of ether oxygens (including phenoxy) is 1. The number of benzene rings is 3. The van der Waals surface area contributed by atoms with Crippen LogP contribution in [0.15, 0.2) is 88.2 Å². The summed E-state index contributed by atoms with van der Waals surface area (Å²) in [5, 5.41) is 2.70. The summed E-state index contributed by atoms with van der Waals surface area (Å²) in [7, 11) is -3.97. The number of esters is 1. The molecule has 0 spiro atoms. The Bertz CT molecular complexity index is 1220. The summed E-state index contributed by atoms with van der Waals surface area (Å²) in [6.07, 6.45) is 0.139. The molecule has 0 saturated carbocycles.